The SMILES string of the molecule is O=C(O)CCCCNC(=O)NCC1CCCCC1. The molecule has 1 fully saturated rings. The minimum atomic E-state index is -0.781. The second-order valence-corrected chi connectivity index (χ2v) is 4.99. The Bertz CT molecular complexity index is 263. The molecule has 1 aliphatic rings. The van der Waals surface area contributed by atoms with Crippen molar-refractivity contribution < 1.29 is 14.7 Å². The number of carbonyl (C=O) groups excluding carboxylic acids is 1. The predicted molar refractivity (Wildman–Crippen MR) is 69.5 cm³/mol. The summed E-state index contributed by atoms with van der Waals surface area (Å²) < 4.78 is 0. The Kier molecular flexibility index (Phi) is 7.22. The third kappa shape index (κ3) is 7.14. The van der Waals surface area contributed by atoms with E-state index in [9.17, 15) is 9.59 Å². The van der Waals surface area contributed by atoms with Crippen molar-refractivity contribution in [1.82, 2.24) is 10.6 Å². The van der Waals surface area contributed by atoms with Crippen molar-refractivity contribution >= 4 is 12.0 Å². The van der Waals surface area contributed by atoms with Crippen LogP contribution in [0.3, 0.4) is 0 Å². The zero-order valence-corrected chi connectivity index (χ0v) is 10.9. The minimum Gasteiger partial charge on any atom is -0.481 e. The zero-order valence-electron chi connectivity index (χ0n) is 10.9. The maximum Gasteiger partial charge on any atom is 0.314 e. The molecule has 104 valence electrons. The van der Waals surface area contributed by atoms with Gasteiger partial charge in [0.05, 0.1) is 0 Å². The van der Waals surface area contributed by atoms with Crippen LogP contribution in [-0.2, 0) is 4.79 Å². The fourth-order valence-electron chi connectivity index (χ4n) is 2.29. The highest BCUT2D eigenvalue weighted by Crippen LogP contribution is 2.22. The highest BCUT2D eigenvalue weighted by atomic mass is 16.4. The van der Waals surface area contributed by atoms with E-state index in [-0.39, 0.29) is 12.5 Å². The number of hydrogen-bond acceptors (Lipinski definition) is 2. The number of rotatable bonds is 7. The summed E-state index contributed by atoms with van der Waals surface area (Å²) in [5, 5.41) is 14.1. The van der Waals surface area contributed by atoms with Crippen molar-refractivity contribution in [2.45, 2.75) is 51.4 Å². The average molecular weight is 256 g/mol. The molecule has 0 saturated heterocycles. The third-order valence-electron chi connectivity index (χ3n) is 3.38. The Labute approximate surface area is 108 Å². The molecule has 0 heterocycles. The van der Waals surface area contributed by atoms with Gasteiger partial charge in [-0.3, -0.25) is 4.79 Å². The van der Waals surface area contributed by atoms with Crippen molar-refractivity contribution in [3.63, 3.8) is 0 Å². The number of carboxylic acid groups (broad SMARTS) is 1. The van der Waals surface area contributed by atoms with Gasteiger partial charge in [-0.25, -0.2) is 4.79 Å². The Balaban J connectivity index is 1.94. The molecule has 0 aromatic carbocycles. The molecule has 1 saturated carbocycles. The Hall–Kier alpha value is -1.26. The van der Waals surface area contributed by atoms with Crippen LogP contribution in [0.15, 0.2) is 0 Å². The van der Waals surface area contributed by atoms with Gasteiger partial charge in [0.25, 0.3) is 0 Å². The summed E-state index contributed by atoms with van der Waals surface area (Å²) in [7, 11) is 0. The molecule has 18 heavy (non-hydrogen) atoms. The molecule has 0 aromatic heterocycles. The molecule has 0 radical (unpaired) electrons. The van der Waals surface area contributed by atoms with E-state index in [1.165, 1.54) is 32.1 Å². The van der Waals surface area contributed by atoms with Gasteiger partial charge in [0.15, 0.2) is 0 Å². The molecule has 1 aliphatic carbocycles. The Morgan fingerprint density at radius 1 is 1.06 bits per heavy atom. The van der Waals surface area contributed by atoms with Crippen molar-refractivity contribution in [3.05, 3.63) is 0 Å². The smallest absolute Gasteiger partial charge is 0.314 e. The number of unbranched alkanes of at least 4 members (excludes halogenated alkanes) is 1. The van der Waals surface area contributed by atoms with Crippen LogP contribution in [0.4, 0.5) is 4.79 Å². The van der Waals surface area contributed by atoms with Crippen LogP contribution >= 0.6 is 0 Å². The number of aliphatic carboxylic acids is 1. The molecule has 0 aliphatic heterocycles. The van der Waals surface area contributed by atoms with Gasteiger partial charge in [-0.1, -0.05) is 19.3 Å². The maximum atomic E-state index is 11.4. The molecule has 2 amide bonds. The van der Waals surface area contributed by atoms with Crippen molar-refractivity contribution in [2.75, 3.05) is 13.1 Å². The fourth-order valence-corrected chi connectivity index (χ4v) is 2.29. The first kappa shape index (κ1) is 14.8. The van der Waals surface area contributed by atoms with Crippen LogP contribution in [-0.4, -0.2) is 30.2 Å². The van der Waals surface area contributed by atoms with E-state index in [4.69, 9.17) is 5.11 Å². The van der Waals surface area contributed by atoms with Crippen LogP contribution in [0.2, 0.25) is 0 Å². The van der Waals surface area contributed by atoms with Gasteiger partial charge in [0, 0.05) is 19.5 Å². The van der Waals surface area contributed by atoms with E-state index < -0.39 is 5.97 Å². The summed E-state index contributed by atoms with van der Waals surface area (Å²) in [5.74, 6) is -0.145. The second-order valence-electron chi connectivity index (χ2n) is 4.99. The van der Waals surface area contributed by atoms with E-state index in [0.717, 1.165) is 6.54 Å². The van der Waals surface area contributed by atoms with Gasteiger partial charge in [-0.2, -0.15) is 0 Å². The average Bonchev–Trinajstić information content (AvgIpc) is 2.37. The van der Waals surface area contributed by atoms with Crippen LogP contribution in [0.25, 0.3) is 0 Å². The highest BCUT2D eigenvalue weighted by molar-refractivity contribution is 5.73. The van der Waals surface area contributed by atoms with E-state index in [1.54, 1.807) is 0 Å². The highest BCUT2D eigenvalue weighted by Gasteiger charge is 2.13. The van der Waals surface area contributed by atoms with Crippen molar-refractivity contribution in [2.24, 2.45) is 5.92 Å². The molecule has 1 rings (SSSR count). The summed E-state index contributed by atoms with van der Waals surface area (Å²) in [6.45, 7) is 1.31. The second kappa shape index (κ2) is 8.78. The molecule has 3 N–H and O–H groups in total. The fraction of sp³-hybridized carbons (Fsp3) is 0.846. The normalized spacial score (nSPS) is 16.2. The van der Waals surface area contributed by atoms with Crippen LogP contribution < -0.4 is 10.6 Å². The molecule has 0 spiro atoms. The first-order valence-corrected chi connectivity index (χ1v) is 6.92. The number of nitrogens with one attached hydrogen (secondary N) is 2. The summed E-state index contributed by atoms with van der Waals surface area (Å²) in [6.07, 6.45) is 7.82. The number of carbonyl (C=O) groups is 2. The summed E-state index contributed by atoms with van der Waals surface area (Å²) >= 11 is 0. The van der Waals surface area contributed by atoms with Crippen molar-refractivity contribution in [3.8, 4) is 0 Å². The molecule has 0 bridgehead atoms. The largest absolute Gasteiger partial charge is 0.481 e. The zero-order chi connectivity index (χ0) is 13.2. The Morgan fingerprint density at radius 3 is 2.44 bits per heavy atom. The lowest BCUT2D eigenvalue weighted by molar-refractivity contribution is -0.137. The number of carboxylic acids is 1. The third-order valence-corrected chi connectivity index (χ3v) is 3.38. The summed E-state index contributed by atoms with van der Waals surface area (Å²) in [6, 6.07) is -0.129. The van der Waals surface area contributed by atoms with Gasteiger partial charge in [-0.05, 0) is 31.6 Å². The van der Waals surface area contributed by atoms with Gasteiger partial charge in [-0.15, -0.1) is 0 Å². The standard InChI is InChI=1S/C13H24N2O3/c16-12(17)8-4-5-9-14-13(18)15-10-11-6-2-1-3-7-11/h11H,1-10H2,(H,16,17)(H2,14,15,18). The van der Waals surface area contributed by atoms with Crippen LogP contribution in [0.5, 0.6) is 0 Å². The van der Waals surface area contributed by atoms with Crippen LogP contribution in [0.1, 0.15) is 51.4 Å². The molecule has 5 nitrogen and oxygen atoms in total. The molecule has 0 aromatic rings. The maximum absolute atomic E-state index is 11.4. The van der Waals surface area contributed by atoms with Crippen molar-refractivity contribution in [1.29, 1.82) is 0 Å². The lowest BCUT2D eigenvalue weighted by atomic mass is 9.89. The monoisotopic (exact) mass is 256 g/mol. The quantitative estimate of drug-likeness (QED) is 0.610. The molecular formula is C13H24N2O3. The first-order valence-electron chi connectivity index (χ1n) is 6.92. The first-order chi connectivity index (χ1) is 8.68. The molecule has 0 unspecified atom stereocenters. The predicted octanol–water partition coefficient (Wildman–Crippen LogP) is 2.12. The Morgan fingerprint density at radius 2 is 1.78 bits per heavy atom. The van der Waals surface area contributed by atoms with Crippen LogP contribution in [0, 0.1) is 5.92 Å². The van der Waals surface area contributed by atoms with Gasteiger partial charge in [0.1, 0.15) is 0 Å². The van der Waals surface area contributed by atoms with Gasteiger partial charge < -0.3 is 15.7 Å². The van der Waals surface area contributed by atoms with Gasteiger partial charge in [0.2, 0.25) is 0 Å². The number of amides is 2. The summed E-state index contributed by atoms with van der Waals surface area (Å²) in [5.41, 5.74) is 0. The van der Waals surface area contributed by atoms with E-state index in [0.29, 0.717) is 25.3 Å². The van der Waals surface area contributed by atoms with E-state index >= 15 is 0 Å². The van der Waals surface area contributed by atoms with Gasteiger partial charge >= 0.3 is 12.0 Å². The molecule has 0 atom stereocenters. The lowest BCUT2D eigenvalue weighted by Crippen LogP contribution is -2.39. The lowest BCUT2D eigenvalue weighted by Gasteiger charge is -2.21. The summed E-state index contributed by atoms with van der Waals surface area (Å²) in [4.78, 5) is 21.7. The van der Waals surface area contributed by atoms with E-state index in [2.05, 4.69) is 10.6 Å². The molecular weight excluding hydrogens is 232 g/mol. The number of hydrogen-bond donors (Lipinski definition) is 3. The molecule has 5 heteroatoms. The topological polar surface area (TPSA) is 78.4 Å². The van der Waals surface area contributed by atoms with E-state index in [1.807, 2.05) is 0 Å². The minimum absolute atomic E-state index is 0.129. The number of urea groups is 1.